The van der Waals surface area contributed by atoms with Crippen LogP contribution in [0.2, 0.25) is 0 Å². The minimum Gasteiger partial charge on any atom is -0.478 e. The van der Waals surface area contributed by atoms with Crippen LogP contribution in [-0.4, -0.2) is 16.9 Å². The number of hydrogen-bond acceptors (Lipinski definition) is 2. The van der Waals surface area contributed by atoms with Crippen molar-refractivity contribution in [2.75, 3.05) is 0 Å². The Morgan fingerprint density at radius 2 is 2.22 bits per heavy atom. The minimum absolute atomic E-state index is 0.211. The van der Waals surface area contributed by atoms with E-state index < -0.39 is 5.97 Å². The molecule has 0 aromatic carbocycles. The van der Waals surface area contributed by atoms with Gasteiger partial charge in [-0.25, -0.2) is 4.79 Å². The molecule has 0 unspecified atom stereocenters. The third kappa shape index (κ3) is 3.28. The van der Waals surface area contributed by atoms with Crippen LogP contribution < -0.4 is 5.73 Å². The normalized spacial score (nSPS) is 11.0. The van der Waals surface area contributed by atoms with Crippen molar-refractivity contribution >= 4 is 11.8 Å². The van der Waals surface area contributed by atoms with Gasteiger partial charge < -0.3 is 10.8 Å². The van der Waals surface area contributed by atoms with Gasteiger partial charge in [-0.3, -0.25) is 5.41 Å². The first-order valence-electron chi connectivity index (χ1n) is 2.29. The van der Waals surface area contributed by atoms with Crippen LogP contribution >= 0.6 is 0 Å². The van der Waals surface area contributed by atoms with Crippen LogP contribution in [0.25, 0.3) is 0 Å². The van der Waals surface area contributed by atoms with Crippen molar-refractivity contribution in [2.24, 2.45) is 5.73 Å². The number of carboxylic acids is 1. The zero-order chi connectivity index (χ0) is 7.44. The predicted molar refractivity (Wildman–Crippen MR) is 33.3 cm³/mol. The molecule has 0 aliphatic heterocycles. The molecule has 0 spiro atoms. The monoisotopic (exact) mass is 128 g/mol. The Hall–Kier alpha value is -1.32. The number of rotatable bonds is 2. The van der Waals surface area contributed by atoms with Gasteiger partial charge in [0, 0.05) is 6.08 Å². The Labute approximate surface area is 52.5 Å². The first kappa shape index (κ1) is 7.68. The molecule has 0 atom stereocenters. The van der Waals surface area contributed by atoms with Crippen LogP contribution in [-0.2, 0) is 4.79 Å². The summed E-state index contributed by atoms with van der Waals surface area (Å²) >= 11 is 0. The molecule has 0 heterocycles. The molecule has 0 saturated heterocycles. The zero-order valence-electron chi connectivity index (χ0n) is 5.01. The summed E-state index contributed by atoms with van der Waals surface area (Å²) in [5.74, 6) is -1.29. The SMILES string of the molecule is CC(=CC(=O)O)C(=N)N. The molecule has 0 aromatic heterocycles. The van der Waals surface area contributed by atoms with Gasteiger partial charge in [-0.05, 0) is 12.5 Å². The van der Waals surface area contributed by atoms with Crippen LogP contribution in [0.4, 0.5) is 0 Å². The summed E-state index contributed by atoms with van der Waals surface area (Å²) in [6.07, 6.45) is 0.891. The molecule has 4 heteroatoms. The van der Waals surface area contributed by atoms with Gasteiger partial charge in [0.1, 0.15) is 5.84 Å². The van der Waals surface area contributed by atoms with Crippen molar-refractivity contribution in [3.63, 3.8) is 0 Å². The van der Waals surface area contributed by atoms with E-state index in [2.05, 4.69) is 0 Å². The molecule has 4 N–H and O–H groups in total. The third-order valence-corrected chi connectivity index (χ3v) is 0.765. The van der Waals surface area contributed by atoms with E-state index in [-0.39, 0.29) is 11.4 Å². The first-order chi connectivity index (χ1) is 4.04. The Balaban J connectivity index is 4.17. The quantitative estimate of drug-likeness (QED) is 0.277. The molecular formula is C5H8N2O2. The highest BCUT2D eigenvalue weighted by Gasteiger charge is 1.94. The number of amidine groups is 1. The molecule has 0 saturated carbocycles. The summed E-state index contributed by atoms with van der Waals surface area (Å²) in [6, 6.07) is 0. The van der Waals surface area contributed by atoms with Crippen molar-refractivity contribution in [1.29, 1.82) is 5.41 Å². The number of carboxylic acid groups (broad SMARTS) is 1. The summed E-state index contributed by atoms with van der Waals surface area (Å²) in [7, 11) is 0. The minimum atomic E-state index is -1.08. The standard InChI is InChI=1S/C5H8N2O2/c1-3(5(6)7)2-4(8)9/h2H,1H3,(H3,6,7)(H,8,9). The Morgan fingerprint density at radius 3 is 2.33 bits per heavy atom. The fourth-order valence-corrected chi connectivity index (χ4v) is 0.263. The largest absolute Gasteiger partial charge is 0.478 e. The van der Waals surface area contributed by atoms with E-state index in [9.17, 15) is 4.79 Å². The van der Waals surface area contributed by atoms with Crippen molar-refractivity contribution in [1.82, 2.24) is 0 Å². The maximum Gasteiger partial charge on any atom is 0.328 e. The lowest BCUT2D eigenvalue weighted by Crippen LogP contribution is -2.11. The van der Waals surface area contributed by atoms with E-state index in [1.807, 2.05) is 0 Å². The van der Waals surface area contributed by atoms with Crippen molar-refractivity contribution in [2.45, 2.75) is 6.92 Å². The Morgan fingerprint density at radius 1 is 1.78 bits per heavy atom. The van der Waals surface area contributed by atoms with E-state index in [4.69, 9.17) is 16.2 Å². The van der Waals surface area contributed by atoms with Gasteiger partial charge in [-0.15, -0.1) is 0 Å². The van der Waals surface area contributed by atoms with Gasteiger partial charge in [0.15, 0.2) is 0 Å². The van der Waals surface area contributed by atoms with Gasteiger partial charge in [0.2, 0.25) is 0 Å². The number of aliphatic carboxylic acids is 1. The lowest BCUT2D eigenvalue weighted by Gasteiger charge is -1.91. The number of carbonyl (C=O) groups is 1. The fraction of sp³-hybridized carbons (Fsp3) is 0.200. The van der Waals surface area contributed by atoms with E-state index in [1.165, 1.54) is 6.92 Å². The molecule has 0 aromatic rings. The molecule has 50 valence electrons. The maximum atomic E-state index is 9.89. The molecule has 0 aliphatic rings. The summed E-state index contributed by atoms with van der Waals surface area (Å²) in [6.45, 7) is 1.47. The molecule has 0 fully saturated rings. The molecule has 0 amide bonds. The average Bonchev–Trinajstić information content (AvgIpc) is 1.63. The highest BCUT2D eigenvalue weighted by atomic mass is 16.4. The van der Waals surface area contributed by atoms with Crippen molar-refractivity contribution in [3.05, 3.63) is 11.6 Å². The van der Waals surface area contributed by atoms with Crippen LogP contribution in [0, 0.1) is 5.41 Å². The molecular weight excluding hydrogens is 120 g/mol. The predicted octanol–water partition coefficient (Wildman–Crippen LogP) is -0.0467. The Bertz CT molecular complexity index is 172. The van der Waals surface area contributed by atoms with Gasteiger partial charge in [0.25, 0.3) is 0 Å². The number of hydrogen-bond donors (Lipinski definition) is 3. The number of nitrogens with one attached hydrogen (secondary N) is 1. The molecule has 0 bridgehead atoms. The van der Waals surface area contributed by atoms with Crippen molar-refractivity contribution in [3.8, 4) is 0 Å². The van der Waals surface area contributed by atoms with Crippen molar-refractivity contribution < 1.29 is 9.90 Å². The van der Waals surface area contributed by atoms with Crippen LogP contribution in [0.3, 0.4) is 0 Å². The van der Waals surface area contributed by atoms with Gasteiger partial charge in [-0.2, -0.15) is 0 Å². The average molecular weight is 128 g/mol. The fourth-order valence-electron chi connectivity index (χ4n) is 0.263. The van der Waals surface area contributed by atoms with Gasteiger partial charge in [0.05, 0.1) is 0 Å². The van der Waals surface area contributed by atoms with E-state index >= 15 is 0 Å². The van der Waals surface area contributed by atoms with Crippen LogP contribution in [0.15, 0.2) is 11.6 Å². The van der Waals surface area contributed by atoms with Gasteiger partial charge >= 0.3 is 5.97 Å². The highest BCUT2D eigenvalue weighted by molar-refractivity contribution is 5.99. The molecule has 0 aliphatic carbocycles. The molecule has 4 nitrogen and oxygen atoms in total. The van der Waals surface area contributed by atoms with E-state index in [0.717, 1.165) is 6.08 Å². The second-order valence-electron chi connectivity index (χ2n) is 1.58. The third-order valence-electron chi connectivity index (χ3n) is 0.765. The lowest BCUT2D eigenvalue weighted by molar-refractivity contribution is -0.131. The van der Waals surface area contributed by atoms with Crippen LogP contribution in [0.1, 0.15) is 6.92 Å². The molecule has 0 rings (SSSR count). The second kappa shape index (κ2) is 2.86. The highest BCUT2D eigenvalue weighted by Crippen LogP contribution is 1.88. The van der Waals surface area contributed by atoms with E-state index in [0.29, 0.717) is 0 Å². The first-order valence-corrected chi connectivity index (χ1v) is 2.29. The Kier molecular flexibility index (Phi) is 2.44. The lowest BCUT2D eigenvalue weighted by atomic mass is 10.3. The smallest absolute Gasteiger partial charge is 0.328 e. The topological polar surface area (TPSA) is 87.2 Å². The summed E-state index contributed by atoms with van der Waals surface area (Å²) in [5, 5.41) is 14.8. The van der Waals surface area contributed by atoms with E-state index in [1.54, 1.807) is 0 Å². The molecule has 9 heavy (non-hydrogen) atoms. The number of nitrogens with two attached hydrogens (primary N) is 1. The molecule has 0 radical (unpaired) electrons. The summed E-state index contributed by atoms with van der Waals surface area (Å²) in [4.78, 5) is 9.89. The zero-order valence-corrected chi connectivity index (χ0v) is 5.01. The van der Waals surface area contributed by atoms with Crippen LogP contribution in [0.5, 0.6) is 0 Å². The summed E-state index contributed by atoms with van der Waals surface area (Å²) in [5.41, 5.74) is 5.20. The maximum absolute atomic E-state index is 9.89. The van der Waals surface area contributed by atoms with Gasteiger partial charge in [-0.1, -0.05) is 0 Å². The second-order valence-corrected chi connectivity index (χ2v) is 1.58. The summed E-state index contributed by atoms with van der Waals surface area (Å²) < 4.78 is 0.